The molecular weight excluding hydrogens is 335 g/mol. The molecule has 0 fully saturated rings. The molecule has 0 aromatic heterocycles. The van der Waals surface area contributed by atoms with Crippen LogP contribution in [0.2, 0.25) is 0 Å². The molecule has 0 radical (unpaired) electrons. The summed E-state index contributed by atoms with van der Waals surface area (Å²) in [5, 5.41) is 0. The topological polar surface area (TPSA) is 46.2 Å². The molecular formula is C10H11BrF3NO2S. The molecule has 0 heterocycles. The number of sulfonamides is 1. The summed E-state index contributed by atoms with van der Waals surface area (Å²) in [4.78, 5) is 0. The second kappa shape index (κ2) is 4.73. The van der Waals surface area contributed by atoms with Crippen molar-refractivity contribution in [3.63, 3.8) is 0 Å². The zero-order chi connectivity index (χ0) is 14.3. The van der Waals surface area contributed by atoms with Crippen LogP contribution in [0.3, 0.4) is 0 Å². The minimum Gasteiger partial charge on any atom is -0.275 e. The van der Waals surface area contributed by atoms with E-state index in [4.69, 9.17) is 0 Å². The van der Waals surface area contributed by atoms with Gasteiger partial charge in [-0.1, -0.05) is 22.0 Å². The van der Waals surface area contributed by atoms with E-state index < -0.39 is 15.5 Å². The molecule has 0 saturated carbocycles. The Morgan fingerprint density at radius 3 is 2.11 bits per heavy atom. The number of alkyl halides is 3. The van der Waals surface area contributed by atoms with Gasteiger partial charge in [-0.05, 0) is 37.5 Å². The molecule has 0 atom stereocenters. The maximum atomic E-state index is 12.3. The van der Waals surface area contributed by atoms with E-state index in [-0.39, 0.29) is 5.69 Å². The molecule has 3 nitrogen and oxygen atoms in total. The zero-order valence-corrected chi connectivity index (χ0v) is 12.2. The Morgan fingerprint density at radius 1 is 1.17 bits per heavy atom. The molecule has 8 heteroatoms. The number of nitrogens with one attached hydrogen (secondary N) is 1. The van der Waals surface area contributed by atoms with Crippen LogP contribution in [0, 0.1) is 20.8 Å². The van der Waals surface area contributed by atoms with E-state index in [2.05, 4.69) is 15.9 Å². The number of rotatable bonds is 2. The molecule has 0 aliphatic heterocycles. The van der Waals surface area contributed by atoms with E-state index >= 15 is 0 Å². The van der Waals surface area contributed by atoms with E-state index in [1.807, 2.05) is 0 Å². The van der Waals surface area contributed by atoms with Crippen molar-refractivity contribution in [2.45, 2.75) is 26.3 Å². The summed E-state index contributed by atoms with van der Waals surface area (Å²) in [6, 6.07) is 1.60. The molecule has 0 aliphatic rings. The van der Waals surface area contributed by atoms with Gasteiger partial charge in [0.05, 0.1) is 5.69 Å². The largest absolute Gasteiger partial charge is 0.516 e. The van der Waals surface area contributed by atoms with Crippen molar-refractivity contribution in [2.75, 3.05) is 4.72 Å². The van der Waals surface area contributed by atoms with E-state index in [0.717, 1.165) is 5.56 Å². The Kier molecular flexibility index (Phi) is 4.02. The van der Waals surface area contributed by atoms with Crippen LogP contribution in [0.1, 0.15) is 16.7 Å². The smallest absolute Gasteiger partial charge is 0.275 e. The van der Waals surface area contributed by atoms with Crippen LogP contribution in [0.15, 0.2) is 10.5 Å². The number of halogens is 4. The maximum Gasteiger partial charge on any atom is 0.516 e. The summed E-state index contributed by atoms with van der Waals surface area (Å²) in [5.74, 6) is 0. The van der Waals surface area contributed by atoms with Crippen molar-refractivity contribution in [3.05, 3.63) is 27.2 Å². The third kappa shape index (κ3) is 2.80. The molecule has 1 aromatic rings. The first kappa shape index (κ1) is 15.3. The highest BCUT2D eigenvalue weighted by Crippen LogP contribution is 2.33. The number of anilines is 1. The van der Waals surface area contributed by atoms with Crippen LogP contribution >= 0.6 is 15.9 Å². The van der Waals surface area contributed by atoms with E-state index in [0.29, 0.717) is 15.6 Å². The van der Waals surface area contributed by atoms with Gasteiger partial charge in [-0.15, -0.1) is 0 Å². The van der Waals surface area contributed by atoms with Gasteiger partial charge in [0.25, 0.3) is 0 Å². The van der Waals surface area contributed by atoms with Crippen LogP contribution in [0.25, 0.3) is 0 Å². The molecule has 0 amide bonds. The van der Waals surface area contributed by atoms with Crippen molar-refractivity contribution in [1.82, 2.24) is 0 Å². The highest BCUT2D eigenvalue weighted by molar-refractivity contribution is 9.10. The molecule has 0 saturated heterocycles. The first-order valence-corrected chi connectivity index (χ1v) is 7.10. The van der Waals surface area contributed by atoms with Crippen LogP contribution in [-0.2, 0) is 10.0 Å². The van der Waals surface area contributed by atoms with E-state index in [1.54, 1.807) is 24.6 Å². The molecule has 0 aliphatic carbocycles. The van der Waals surface area contributed by atoms with Crippen molar-refractivity contribution >= 4 is 31.6 Å². The lowest BCUT2D eigenvalue weighted by Gasteiger charge is -2.17. The lowest BCUT2D eigenvalue weighted by molar-refractivity contribution is -0.0429. The Morgan fingerprint density at radius 2 is 1.67 bits per heavy atom. The average molecular weight is 346 g/mol. The molecule has 0 spiro atoms. The Labute approximate surface area is 112 Å². The Balaban J connectivity index is 3.35. The van der Waals surface area contributed by atoms with Gasteiger partial charge in [0.15, 0.2) is 0 Å². The quantitative estimate of drug-likeness (QED) is 0.889. The fraction of sp³-hybridized carbons (Fsp3) is 0.400. The number of benzene rings is 1. The molecule has 1 aromatic carbocycles. The SMILES string of the molecule is Cc1cc(C)c(NS(=O)(=O)C(F)(F)F)c(C)c1Br. The van der Waals surface area contributed by atoms with Gasteiger partial charge >= 0.3 is 15.5 Å². The molecule has 0 bridgehead atoms. The van der Waals surface area contributed by atoms with Gasteiger partial charge in [-0.3, -0.25) is 4.72 Å². The highest BCUT2D eigenvalue weighted by atomic mass is 79.9. The predicted molar refractivity (Wildman–Crippen MR) is 67.0 cm³/mol. The van der Waals surface area contributed by atoms with Crippen LogP contribution in [0.5, 0.6) is 0 Å². The normalized spacial score (nSPS) is 12.6. The zero-order valence-electron chi connectivity index (χ0n) is 9.81. The van der Waals surface area contributed by atoms with Crippen LogP contribution in [0.4, 0.5) is 18.9 Å². The van der Waals surface area contributed by atoms with Crippen LogP contribution < -0.4 is 4.72 Å². The van der Waals surface area contributed by atoms with Gasteiger partial charge in [-0.25, -0.2) is 0 Å². The predicted octanol–water partition coefficient (Wildman–Crippen LogP) is 3.64. The van der Waals surface area contributed by atoms with Gasteiger partial charge < -0.3 is 0 Å². The van der Waals surface area contributed by atoms with Gasteiger partial charge in [0, 0.05) is 4.47 Å². The standard InChI is InChI=1S/C10H11BrF3NO2S/c1-5-4-6(2)9(7(3)8(5)11)15-18(16,17)10(12,13)14/h4,15H,1-3H3. The van der Waals surface area contributed by atoms with Crippen molar-refractivity contribution in [2.24, 2.45) is 0 Å². The van der Waals surface area contributed by atoms with E-state index in [1.165, 1.54) is 6.92 Å². The number of aryl methyl sites for hydroxylation is 2. The molecule has 102 valence electrons. The first-order valence-electron chi connectivity index (χ1n) is 4.82. The highest BCUT2D eigenvalue weighted by Gasteiger charge is 2.46. The lowest BCUT2D eigenvalue weighted by Crippen LogP contribution is -2.30. The minimum atomic E-state index is -5.40. The van der Waals surface area contributed by atoms with Gasteiger partial charge in [0.1, 0.15) is 0 Å². The minimum absolute atomic E-state index is 0.0511. The summed E-state index contributed by atoms with van der Waals surface area (Å²) in [6.45, 7) is 4.85. The summed E-state index contributed by atoms with van der Waals surface area (Å²) < 4.78 is 61.2. The van der Waals surface area contributed by atoms with E-state index in [9.17, 15) is 21.6 Å². The number of hydrogen-bond acceptors (Lipinski definition) is 2. The van der Waals surface area contributed by atoms with Gasteiger partial charge in [-0.2, -0.15) is 21.6 Å². The summed E-state index contributed by atoms with van der Waals surface area (Å²) in [5.41, 5.74) is -3.71. The average Bonchev–Trinajstić information content (AvgIpc) is 2.20. The van der Waals surface area contributed by atoms with Crippen molar-refractivity contribution in [1.29, 1.82) is 0 Å². The fourth-order valence-corrected chi connectivity index (χ4v) is 2.52. The molecule has 1 N–H and O–H groups in total. The second-order valence-electron chi connectivity index (χ2n) is 3.88. The summed E-state index contributed by atoms with van der Waals surface area (Å²) >= 11 is 3.21. The third-order valence-electron chi connectivity index (χ3n) is 2.42. The van der Waals surface area contributed by atoms with Gasteiger partial charge in [0.2, 0.25) is 0 Å². The third-order valence-corrected chi connectivity index (χ3v) is 4.72. The van der Waals surface area contributed by atoms with Crippen molar-refractivity contribution in [3.8, 4) is 0 Å². The second-order valence-corrected chi connectivity index (χ2v) is 6.34. The molecule has 18 heavy (non-hydrogen) atoms. The lowest BCUT2D eigenvalue weighted by atomic mass is 10.1. The fourth-order valence-electron chi connectivity index (χ4n) is 1.51. The van der Waals surface area contributed by atoms with Crippen LogP contribution in [-0.4, -0.2) is 13.9 Å². The monoisotopic (exact) mass is 345 g/mol. The first-order chi connectivity index (χ1) is 7.97. The maximum absolute atomic E-state index is 12.3. The molecule has 1 rings (SSSR count). The van der Waals surface area contributed by atoms with Crippen molar-refractivity contribution < 1.29 is 21.6 Å². The summed E-state index contributed by atoms with van der Waals surface area (Å²) in [6.07, 6.45) is 0. The Bertz CT molecular complexity index is 582. The molecule has 0 unspecified atom stereocenters. The number of hydrogen-bond donors (Lipinski definition) is 1. The Hall–Kier alpha value is -0.760. The summed E-state index contributed by atoms with van der Waals surface area (Å²) in [7, 11) is -5.40.